The number of methoxy groups -OCH3 is 1. The molecule has 2 rings (SSSR count). The first-order valence-electron chi connectivity index (χ1n) is 5.16. The molecule has 0 unspecified atom stereocenters. The van der Waals surface area contributed by atoms with Crippen molar-refractivity contribution in [3.8, 4) is 17.0 Å². The quantitative estimate of drug-likeness (QED) is 0.914. The minimum absolute atomic E-state index is 0.0476. The van der Waals surface area contributed by atoms with Crippen LogP contribution >= 0.6 is 15.9 Å². The number of rotatable bonds is 3. The Bertz CT molecular complexity index is 607. The smallest absolute Gasteiger partial charge is 0.353 e. The summed E-state index contributed by atoms with van der Waals surface area (Å²) in [5, 5.41) is 15.4. The molecule has 5 nitrogen and oxygen atoms in total. The average Bonchev–Trinajstić information content (AvgIpc) is 2.81. The van der Waals surface area contributed by atoms with E-state index in [0.717, 1.165) is 15.6 Å². The zero-order valence-electron chi connectivity index (χ0n) is 9.82. The SMILES string of the molecule is COc1ccc(Br)c(C)c1-c1cc(C(=O)O)[nH]n1. The average molecular weight is 311 g/mol. The van der Waals surface area contributed by atoms with Crippen LogP contribution in [0.3, 0.4) is 0 Å². The van der Waals surface area contributed by atoms with Gasteiger partial charge in [-0.2, -0.15) is 5.10 Å². The minimum atomic E-state index is -1.04. The number of hydrogen-bond donors (Lipinski definition) is 2. The lowest BCUT2D eigenvalue weighted by Gasteiger charge is -2.10. The van der Waals surface area contributed by atoms with Gasteiger partial charge >= 0.3 is 5.97 Å². The Kier molecular flexibility index (Phi) is 3.38. The molecule has 0 atom stereocenters. The third kappa shape index (κ3) is 2.11. The molecule has 0 bridgehead atoms. The van der Waals surface area contributed by atoms with E-state index in [4.69, 9.17) is 9.84 Å². The van der Waals surface area contributed by atoms with Gasteiger partial charge in [-0.15, -0.1) is 0 Å². The zero-order chi connectivity index (χ0) is 13.3. The van der Waals surface area contributed by atoms with Gasteiger partial charge in [0.25, 0.3) is 0 Å². The number of aromatic amines is 1. The van der Waals surface area contributed by atoms with Gasteiger partial charge in [-0.1, -0.05) is 15.9 Å². The van der Waals surface area contributed by atoms with E-state index in [1.807, 2.05) is 19.1 Å². The second-order valence-corrected chi connectivity index (χ2v) is 4.58. The maximum atomic E-state index is 10.8. The Morgan fingerprint density at radius 1 is 1.50 bits per heavy atom. The molecule has 1 aromatic carbocycles. The van der Waals surface area contributed by atoms with Crippen LogP contribution in [0.1, 0.15) is 16.1 Å². The van der Waals surface area contributed by atoms with Crippen LogP contribution in [-0.2, 0) is 0 Å². The molecule has 0 saturated heterocycles. The molecule has 94 valence electrons. The van der Waals surface area contributed by atoms with E-state index in [9.17, 15) is 4.79 Å². The van der Waals surface area contributed by atoms with Crippen LogP contribution in [0.5, 0.6) is 5.75 Å². The van der Waals surface area contributed by atoms with Crippen molar-refractivity contribution in [3.63, 3.8) is 0 Å². The van der Waals surface area contributed by atoms with E-state index in [2.05, 4.69) is 26.1 Å². The van der Waals surface area contributed by atoms with Crippen LogP contribution in [-0.4, -0.2) is 28.4 Å². The van der Waals surface area contributed by atoms with E-state index in [-0.39, 0.29) is 5.69 Å². The fourth-order valence-electron chi connectivity index (χ4n) is 1.71. The summed E-state index contributed by atoms with van der Waals surface area (Å²) in [4.78, 5) is 10.8. The lowest BCUT2D eigenvalue weighted by atomic mass is 10.0. The molecule has 0 radical (unpaired) electrons. The fraction of sp³-hybridized carbons (Fsp3) is 0.167. The number of H-pyrrole nitrogens is 1. The maximum absolute atomic E-state index is 10.8. The number of nitrogens with one attached hydrogen (secondary N) is 1. The standard InChI is InChI=1S/C12H11BrN2O3/c1-6-7(13)3-4-10(18-2)11(6)8-5-9(12(16)17)15-14-8/h3-5H,1-2H3,(H,14,15)(H,16,17). The van der Waals surface area contributed by atoms with Gasteiger partial charge in [0.15, 0.2) is 0 Å². The summed E-state index contributed by atoms with van der Waals surface area (Å²) < 4.78 is 6.20. The van der Waals surface area contributed by atoms with Crippen molar-refractivity contribution in [3.05, 3.63) is 33.9 Å². The van der Waals surface area contributed by atoms with Gasteiger partial charge in [0, 0.05) is 10.0 Å². The van der Waals surface area contributed by atoms with Crippen molar-refractivity contribution in [1.82, 2.24) is 10.2 Å². The van der Waals surface area contributed by atoms with Crippen molar-refractivity contribution >= 4 is 21.9 Å². The predicted molar refractivity (Wildman–Crippen MR) is 70.0 cm³/mol. The van der Waals surface area contributed by atoms with Gasteiger partial charge in [0.1, 0.15) is 11.4 Å². The molecule has 0 aliphatic carbocycles. The largest absolute Gasteiger partial charge is 0.496 e. The highest BCUT2D eigenvalue weighted by atomic mass is 79.9. The van der Waals surface area contributed by atoms with E-state index in [1.165, 1.54) is 6.07 Å². The van der Waals surface area contributed by atoms with E-state index in [0.29, 0.717) is 11.4 Å². The molecule has 1 heterocycles. The molecule has 0 saturated carbocycles. The molecule has 0 amide bonds. The van der Waals surface area contributed by atoms with Crippen molar-refractivity contribution in [2.24, 2.45) is 0 Å². The van der Waals surface area contributed by atoms with Crippen molar-refractivity contribution in [2.75, 3.05) is 7.11 Å². The second-order valence-electron chi connectivity index (χ2n) is 3.72. The summed E-state index contributed by atoms with van der Waals surface area (Å²) in [6.45, 7) is 1.91. The summed E-state index contributed by atoms with van der Waals surface area (Å²) >= 11 is 3.43. The van der Waals surface area contributed by atoms with Crippen molar-refractivity contribution in [1.29, 1.82) is 0 Å². The topological polar surface area (TPSA) is 75.2 Å². The van der Waals surface area contributed by atoms with Crippen molar-refractivity contribution < 1.29 is 14.6 Å². The van der Waals surface area contributed by atoms with Crippen molar-refractivity contribution in [2.45, 2.75) is 6.92 Å². The van der Waals surface area contributed by atoms with Gasteiger partial charge in [0.2, 0.25) is 0 Å². The van der Waals surface area contributed by atoms with Crippen LogP contribution < -0.4 is 4.74 Å². The molecular weight excluding hydrogens is 300 g/mol. The molecule has 6 heteroatoms. The molecular formula is C12H11BrN2O3. The van der Waals surface area contributed by atoms with Gasteiger partial charge in [-0.25, -0.2) is 4.79 Å². The summed E-state index contributed by atoms with van der Waals surface area (Å²) in [5.74, 6) is -0.389. The second kappa shape index (κ2) is 4.81. The number of halogens is 1. The Morgan fingerprint density at radius 3 is 2.78 bits per heavy atom. The number of nitrogens with zero attached hydrogens (tertiary/aromatic N) is 1. The molecule has 2 N–H and O–H groups in total. The Balaban J connectivity index is 2.61. The molecule has 18 heavy (non-hydrogen) atoms. The fourth-order valence-corrected chi connectivity index (χ4v) is 2.04. The van der Waals surface area contributed by atoms with Gasteiger partial charge in [-0.05, 0) is 30.7 Å². The number of carbonyl (C=O) groups is 1. The summed E-state index contributed by atoms with van der Waals surface area (Å²) in [5.41, 5.74) is 2.31. The number of carboxylic acid groups (broad SMARTS) is 1. The lowest BCUT2D eigenvalue weighted by molar-refractivity contribution is 0.0690. The summed E-state index contributed by atoms with van der Waals surface area (Å²) in [7, 11) is 1.57. The molecule has 0 fully saturated rings. The first-order valence-corrected chi connectivity index (χ1v) is 5.96. The van der Waals surface area contributed by atoms with E-state index < -0.39 is 5.97 Å². The number of aromatic nitrogens is 2. The molecule has 2 aromatic rings. The Hall–Kier alpha value is -1.82. The molecule has 0 aliphatic rings. The monoisotopic (exact) mass is 310 g/mol. The third-order valence-electron chi connectivity index (χ3n) is 2.65. The lowest BCUT2D eigenvalue weighted by Crippen LogP contribution is -1.95. The molecule has 1 aromatic heterocycles. The normalized spacial score (nSPS) is 10.4. The predicted octanol–water partition coefficient (Wildman–Crippen LogP) is 2.85. The van der Waals surface area contributed by atoms with Crippen LogP contribution in [0.4, 0.5) is 0 Å². The number of ether oxygens (including phenoxy) is 1. The number of carboxylic acids is 1. The van der Waals surface area contributed by atoms with Crippen LogP contribution in [0, 0.1) is 6.92 Å². The summed E-state index contributed by atoms with van der Waals surface area (Å²) in [6, 6.07) is 5.17. The number of hydrogen-bond acceptors (Lipinski definition) is 3. The van der Waals surface area contributed by atoms with E-state index >= 15 is 0 Å². The Labute approximate surface area is 112 Å². The van der Waals surface area contributed by atoms with Gasteiger partial charge < -0.3 is 9.84 Å². The highest BCUT2D eigenvalue weighted by molar-refractivity contribution is 9.10. The maximum Gasteiger partial charge on any atom is 0.353 e. The third-order valence-corrected chi connectivity index (χ3v) is 3.50. The van der Waals surface area contributed by atoms with Gasteiger partial charge in [0.05, 0.1) is 12.8 Å². The van der Waals surface area contributed by atoms with Crippen LogP contribution in [0.25, 0.3) is 11.3 Å². The van der Waals surface area contributed by atoms with Crippen LogP contribution in [0.2, 0.25) is 0 Å². The first-order chi connectivity index (χ1) is 8.54. The number of aromatic carboxylic acids is 1. The van der Waals surface area contributed by atoms with Gasteiger partial charge in [-0.3, -0.25) is 5.10 Å². The summed E-state index contributed by atoms with van der Waals surface area (Å²) in [6.07, 6.45) is 0. The minimum Gasteiger partial charge on any atom is -0.496 e. The molecule has 0 spiro atoms. The zero-order valence-corrected chi connectivity index (χ0v) is 11.4. The van der Waals surface area contributed by atoms with Crippen LogP contribution in [0.15, 0.2) is 22.7 Å². The molecule has 0 aliphatic heterocycles. The highest BCUT2D eigenvalue weighted by Crippen LogP contribution is 2.36. The van der Waals surface area contributed by atoms with E-state index in [1.54, 1.807) is 7.11 Å². The Morgan fingerprint density at radius 2 is 2.22 bits per heavy atom. The highest BCUT2D eigenvalue weighted by Gasteiger charge is 2.16. The number of benzene rings is 1. The first kappa shape index (κ1) is 12.6.